The van der Waals surface area contributed by atoms with Crippen molar-refractivity contribution in [2.24, 2.45) is 11.8 Å². The molecule has 0 bridgehead atoms. The molecule has 2 unspecified atom stereocenters. The molecule has 0 saturated carbocycles. The predicted molar refractivity (Wildman–Crippen MR) is 77.9 cm³/mol. The van der Waals surface area contributed by atoms with Crippen LogP contribution in [0.5, 0.6) is 0 Å². The van der Waals surface area contributed by atoms with Gasteiger partial charge in [0.25, 0.3) is 0 Å². The van der Waals surface area contributed by atoms with Gasteiger partial charge < -0.3 is 10.1 Å². The van der Waals surface area contributed by atoms with E-state index < -0.39 is 0 Å². The van der Waals surface area contributed by atoms with Crippen LogP contribution in [0.2, 0.25) is 0 Å². The van der Waals surface area contributed by atoms with Gasteiger partial charge in [0.1, 0.15) is 0 Å². The molecule has 1 aliphatic heterocycles. The maximum atomic E-state index is 5.73. The van der Waals surface area contributed by atoms with E-state index in [9.17, 15) is 0 Å². The molecule has 2 atom stereocenters. The number of ether oxygens (including phenoxy) is 1. The Morgan fingerprint density at radius 2 is 1.94 bits per heavy atom. The van der Waals surface area contributed by atoms with E-state index in [0.717, 1.165) is 38.8 Å². The molecule has 108 valence electrons. The van der Waals surface area contributed by atoms with Crippen molar-refractivity contribution in [2.45, 2.75) is 53.1 Å². The Bertz CT molecular complexity index is 219. The highest BCUT2D eigenvalue weighted by atomic mass is 16.5. The Hall–Kier alpha value is -0.120. The summed E-state index contributed by atoms with van der Waals surface area (Å²) in [5, 5.41) is 3.63. The lowest BCUT2D eigenvalue weighted by atomic mass is 10.00. The summed E-state index contributed by atoms with van der Waals surface area (Å²) >= 11 is 0. The fourth-order valence-electron chi connectivity index (χ4n) is 2.31. The van der Waals surface area contributed by atoms with E-state index in [0.29, 0.717) is 18.0 Å². The van der Waals surface area contributed by atoms with Gasteiger partial charge >= 0.3 is 0 Å². The van der Waals surface area contributed by atoms with Crippen LogP contribution >= 0.6 is 0 Å². The van der Waals surface area contributed by atoms with Crippen LogP contribution in [0.25, 0.3) is 0 Å². The molecule has 3 nitrogen and oxygen atoms in total. The number of nitrogens with one attached hydrogen (secondary N) is 1. The monoisotopic (exact) mass is 256 g/mol. The maximum absolute atomic E-state index is 5.73. The van der Waals surface area contributed by atoms with Crippen molar-refractivity contribution in [2.75, 3.05) is 32.8 Å². The van der Waals surface area contributed by atoms with Gasteiger partial charge in [-0.1, -0.05) is 27.7 Å². The van der Waals surface area contributed by atoms with Crippen molar-refractivity contribution in [1.29, 1.82) is 0 Å². The van der Waals surface area contributed by atoms with Crippen LogP contribution in [-0.4, -0.2) is 49.8 Å². The molecule has 0 amide bonds. The molecule has 0 aromatic rings. The summed E-state index contributed by atoms with van der Waals surface area (Å²) in [6.07, 6.45) is 1.17. The number of piperazine rings is 1. The van der Waals surface area contributed by atoms with Gasteiger partial charge in [-0.25, -0.2) is 0 Å². The Morgan fingerprint density at radius 1 is 1.22 bits per heavy atom. The molecular weight excluding hydrogens is 224 g/mol. The van der Waals surface area contributed by atoms with Gasteiger partial charge in [0, 0.05) is 38.3 Å². The van der Waals surface area contributed by atoms with Crippen LogP contribution < -0.4 is 5.32 Å². The van der Waals surface area contributed by atoms with Gasteiger partial charge in [0.15, 0.2) is 0 Å². The van der Waals surface area contributed by atoms with E-state index >= 15 is 0 Å². The van der Waals surface area contributed by atoms with Crippen molar-refractivity contribution >= 4 is 0 Å². The zero-order chi connectivity index (χ0) is 13.5. The zero-order valence-corrected chi connectivity index (χ0v) is 12.9. The summed E-state index contributed by atoms with van der Waals surface area (Å²) < 4.78 is 5.73. The predicted octanol–water partition coefficient (Wildman–Crippen LogP) is 2.37. The van der Waals surface area contributed by atoms with Gasteiger partial charge in [0.05, 0.1) is 6.61 Å². The molecule has 0 radical (unpaired) electrons. The molecule has 3 heteroatoms. The Balaban J connectivity index is 2.18. The van der Waals surface area contributed by atoms with E-state index in [2.05, 4.69) is 44.8 Å². The Morgan fingerprint density at radius 3 is 2.56 bits per heavy atom. The third kappa shape index (κ3) is 5.68. The summed E-state index contributed by atoms with van der Waals surface area (Å²) in [5.41, 5.74) is 0. The van der Waals surface area contributed by atoms with Crippen LogP contribution in [0.3, 0.4) is 0 Å². The minimum absolute atomic E-state index is 0.633. The number of rotatable bonds is 7. The average molecular weight is 256 g/mol. The molecule has 1 fully saturated rings. The highest BCUT2D eigenvalue weighted by Gasteiger charge is 2.26. The van der Waals surface area contributed by atoms with Gasteiger partial charge in [-0.2, -0.15) is 0 Å². The second kappa shape index (κ2) is 8.13. The van der Waals surface area contributed by atoms with Crippen molar-refractivity contribution in [3.05, 3.63) is 0 Å². The summed E-state index contributed by atoms with van der Waals surface area (Å²) in [4.78, 5) is 2.57. The first-order chi connectivity index (χ1) is 8.50. The summed E-state index contributed by atoms with van der Waals surface area (Å²) in [7, 11) is 0. The van der Waals surface area contributed by atoms with E-state index in [-0.39, 0.29) is 0 Å². The lowest BCUT2D eigenvalue weighted by Crippen LogP contribution is -2.57. The summed E-state index contributed by atoms with van der Waals surface area (Å²) in [5.74, 6) is 1.45. The SMILES string of the molecule is CC(C)CCOCCN1CC(C(C)C)NCC1C. The van der Waals surface area contributed by atoms with Crippen LogP contribution in [0.15, 0.2) is 0 Å². The largest absolute Gasteiger partial charge is 0.380 e. The van der Waals surface area contributed by atoms with Crippen molar-refractivity contribution in [1.82, 2.24) is 10.2 Å². The Kier molecular flexibility index (Phi) is 7.20. The van der Waals surface area contributed by atoms with Crippen LogP contribution in [-0.2, 0) is 4.74 Å². The van der Waals surface area contributed by atoms with E-state index in [1.54, 1.807) is 0 Å². The van der Waals surface area contributed by atoms with Crippen molar-refractivity contribution in [3.8, 4) is 0 Å². The number of hydrogen-bond donors (Lipinski definition) is 1. The highest BCUT2D eigenvalue weighted by molar-refractivity contribution is 4.85. The molecular formula is C15H32N2O. The standard InChI is InChI=1S/C15H32N2O/c1-12(2)6-8-18-9-7-17-11-15(13(3)4)16-10-14(17)5/h12-16H,6-11H2,1-5H3. The molecule has 1 rings (SSSR count). The zero-order valence-electron chi connectivity index (χ0n) is 12.9. The van der Waals surface area contributed by atoms with E-state index in [1.165, 1.54) is 6.42 Å². The first-order valence-electron chi connectivity index (χ1n) is 7.56. The van der Waals surface area contributed by atoms with Crippen molar-refractivity contribution < 1.29 is 4.74 Å². The topological polar surface area (TPSA) is 24.5 Å². The highest BCUT2D eigenvalue weighted by Crippen LogP contribution is 2.12. The second-order valence-corrected chi connectivity index (χ2v) is 6.40. The van der Waals surface area contributed by atoms with E-state index in [1.807, 2.05) is 0 Å². The molecule has 18 heavy (non-hydrogen) atoms. The lowest BCUT2D eigenvalue weighted by Gasteiger charge is -2.40. The molecule has 1 N–H and O–H groups in total. The van der Waals surface area contributed by atoms with Crippen molar-refractivity contribution in [3.63, 3.8) is 0 Å². The first-order valence-corrected chi connectivity index (χ1v) is 7.56. The summed E-state index contributed by atoms with van der Waals surface area (Å²) in [6, 6.07) is 1.27. The smallest absolute Gasteiger partial charge is 0.0593 e. The Labute approximate surface area is 113 Å². The molecule has 0 spiro atoms. The second-order valence-electron chi connectivity index (χ2n) is 6.40. The molecule has 0 aromatic heterocycles. The lowest BCUT2D eigenvalue weighted by molar-refractivity contribution is 0.0603. The quantitative estimate of drug-likeness (QED) is 0.708. The van der Waals surface area contributed by atoms with E-state index in [4.69, 9.17) is 4.74 Å². The minimum atomic E-state index is 0.633. The molecule has 1 saturated heterocycles. The third-order valence-electron chi connectivity index (χ3n) is 3.90. The molecule has 0 aliphatic carbocycles. The molecule has 0 aromatic carbocycles. The number of nitrogens with zero attached hydrogens (tertiary/aromatic N) is 1. The van der Waals surface area contributed by atoms with Gasteiger partial charge in [0.2, 0.25) is 0 Å². The van der Waals surface area contributed by atoms with Gasteiger partial charge in [-0.3, -0.25) is 4.90 Å². The third-order valence-corrected chi connectivity index (χ3v) is 3.90. The van der Waals surface area contributed by atoms with Crippen LogP contribution in [0.1, 0.15) is 41.0 Å². The van der Waals surface area contributed by atoms with Crippen LogP contribution in [0.4, 0.5) is 0 Å². The van der Waals surface area contributed by atoms with Crippen LogP contribution in [0, 0.1) is 11.8 Å². The average Bonchev–Trinajstić information content (AvgIpc) is 2.30. The maximum Gasteiger partial charge on any atom is 0.0593 e. The molecule has 1 heterocycles. The molecule has 1 aliphatic rings. The minimum Gasteiger partial charge on any atom is -0.380 e. The first kappa shape index (κ1) is 15.9. The van der Waals surface area contributed by atoms with Gasteiger partial charge in [-0.05, 0) is 25.2 Å². The fraction of sp³-hybridized carbons (Fsp3) is 1.00. The normalized spacial score (nSPS) is 26.2. The fourth-order valence-corrected chi connectivity index (χ4v) is 2.31. The number of hydrogen-bond acceptors (Lipinski definition) is 3. The van der Waals surface area contributed by atoms with Gasteiger partial charge in [-0.15, -0.1) is 0 Å². The summed E-state index contributed by atoms with van der Waals surface area (Å²) in [6.45, 7) is 16.5.